The summed E-state index contributed by atoms with van der Waals surface area (Å²) in [6.45, 7) is 7.11. The number of fused-ring (bicyclic) bond motifs is 2. The molecule has 1 amide bonds. The minimum atomic E-state index is -3.32. The van der Waals surface area contributed by atoms with Crippen molar-refractivity contribution in [1.82, 2.24) is 25.3 Å². The van der Waals surface area contributed by atoms with Crippen LogP contribution in [-0.2, 0) is 64.5 Å². The summed E-state index contributed by atoms with van der Waals surface area (Å²) in [4.78, 5) is 62.8. The van der Waals surface area contributed by atoms with E-state index < -0.39 is 36.9 Å². The number of pyridine rings is 4. The second kappa shape index (κ2) is 33.2. The molecule has 0 spiro atoms. The first-order valence-corrected chi connectivity index (χ1v) is 24.5. The summed E-state index contributed by atoms with van der Waals surface area (Å²) in [7, 11) is 5.35. The summed E-state index contributed by atoms with van der Waals surface area (Å²) in [6.07, 6.45) is 13.7. The van der Waals surface area contributed by atoms with Crippen molar-refractivity contribution in [2.45, 2.75) is 103 Å². The molecule has 1 atom stereocenters. The van der Waals surface area contributed by atoms with Gasteiger partial charge in [-0.05, 0) is 147 Å². The minimum absolute atomic E-state index is 0. The van der Waals surface area contributed by atoms with Gasteiger partial charge in [0.05, 0.1) is 38.4 Å². The zero-order chi connectivity index (χ0) is 51.4. The normalized spacial score (nSPS) is 17.7. The molecule has 2 aliphatic rings. The van der Waals surface area contributed by atoms with Crippen molar-refractivity contribution in [2.24, 2.45) is 11.8 Å². The van der Waals surface area contributed by atoms with E-state index in [1.165, 1.54) is 41.4 Å². The standard InChI is InChI=1S/C24H31N3O5.C16H18N2O2.C6H13O5P.CH2Cl2.BH.U/c1-24(2,3)32-23(29)27-20(22(28)30-4)11-13-31-19-14-16(15-19)7-9-18-10-8-17-6-5-12-25-21(17)26-18;19-8-9-20-15-10-12(11-15)3-5-14-6-4-13-2-1-7-17-16(13)18-14;1-5(6(7)9-2)12(8,10-3)11-4;2-1-3;;/h5-6,8,10-12,16,19H,7,9,13-15H2,1-4H3,(H,27,29);1-2,4,6-8,12,15H,3,5,9-11H2;5H,1-4H3;1H2;1H;/i;;;;1D;. The van der Waals surface area contributed by atoms with E-state index in [9.17, 15) is 23.7 Å². The van der Waals surface area contributed by atoms with Gasteiger partial charge in [0.25, 0.3) is 0 Å². The van der Waals surface area contributed by atoms with E-state index in [1.807, 2.05) is 24.3 Å². The van der Waals surface area contributed by atoms with Gasteiger partial charge < -0.3 is 37.5 Å². The van der Waals surface area contributed by atoms with Gasteiger partial charge in [-0.3, -0.25) is 14.7 Å². The quantitative estimate of drug-likeness (QED) is 0.0189. The Morgan fingerprint density at radius 1 is 0.812 bits per heavy atom. The van der Waals surface area contributed by atoms with Crippen LogP contribution < -0.4 is 5.32 Å². The first-order chi connectivity index (χ1) is 33.0. The molecule has 4 aromatic heterocycles. The Kier molecular flexibility index (Phi) is 29.7. The summed E-state index contributed by atoms with van der Waals surface area (Å²) in [5, 5.41) is 4.76. The Labute approximate surface area is 442 Å². The maximum absolute atomic E-state index is 11.9. The first kappa shape index (κ1) is 61.6. The number of carbonyl (C=O) groups excluding carboxylic acids is 4. The van der Waals surface area contributed by atoms with Gasteiger partial charge in [0.15, 0.2) is 17.0 Å². The number of halogens is 2. The van der Waals surface area contributed by atoms with E-state index in [2.05, 4.69) is 71.7 Å². The molecule has 2 radical (unpaired) electrons. The van der Waals surface area contributed by atoms with Crippen molar-refractivity contribution >= 4 is 85.6 Å². The summed E-state index contributed by atoms with van der Waals surface area (Å²) in [6, 6.07) is 16.2. The molecule has 6 rings (SSSR count). The number of hydrogen-bond acceptors (Lipinski definition) is 16. The number of hydrogen-bond donors (Lipinski definition) is 1. The number of rotatable bonds is 18. The van der Waals surface area contributed by atoms with Crippen LogP contribution in [0.3, 0.4) is 0 Å². The second-order valence-electron chi connectivity index (χ2n) is 16.5. The van der Waals surface area contributed by atoms with Crippen LogP contribution in [0.15, 0.2) is 72.7 Å². The number of alkyl carbamates (subject to hydrolysis) is 1. The minimum Gasteiger partial charge on any atom is -0.468 e. The number of carbonyl (C=O) groups is 4. The van der Waals surface area contributed by atoms with Crippen molar-refractivity contribution in [3.8, 4) is 0 Å². The van der Waals surface area contributed by atoms with E-state index in [0.29, 0.717) is 11.8 Å². The zero-order valence-corrected chi connectivity index (χ0v) is 47.1. The van der Waals surface area contributed by atoms with E-state index in [4.69, 9.17) is 43.5 Å². The molecule has 2 fully saturated rings. The van der Waals surface area contributed by atoms with E-state index in [-0.39, 0.29) is 67.6 Å². The maximum atomic E-state index is 11.9. The molecule has 22 heteroatoms. The van der Waals surface area contributed by atoms with Gasteiger partial charge in [0, 0.05) is 88.3 Å². The number of nitrogens with one attached hydrogen (secondary N) is 1. The van der Waals surface area contributed by atoms with Crippen LogP contribution in [0.2, 0.25) is 0 Å². The summed E-state index contributed by atoms with van der Waals surface area (Å²) in [5.41, 5.74) is 2.22. The number of aryl methyl sites for hydroxylation is 2. The third-order valence-corrected chi connectivity index (χ3v) is 12.8. The maximum Gasteiger partial charge on any atom is 0.412 e. The average Bonchev–Trinajstić information content (AvgIpc) is 3.32. The van der Waals surface area contributed by atoms with Crippen molar-refractivity contribution in [3.63, 3.8) is 0 Å². The fourth-order valence-corrected chi connectivity index (χ4v) is 8.05. The number of methoxy groups -OCH3 is 2. The van der Waals surface area contributed by atoms with Gasteiger partial charge in [0.1, 0.15) is 24.2 Å². The number of nitrogens with zero attached hydrogens (tertiary/aromatic N) is 4. The summed E-state index contributed by atoms with van der Waals surface area (Å²) < 4.78 is 51.4. The molecule has 2 saturated carbocycles. The zero-order valence-electron chi connectivity index (χ0n) is 41.6. The van der Waals surface area contributed by atoms with Crippen LogP contribution in [-0.4, -0.2) is 124 Å². The molecule has 0 aliphatic heterocycles. The van der Waals surface area contributed by atoms with Gasteiger partial charge in [-0.25, -0.2) is 29.5 Å². The van der Waals surface area contributed by atoms with E-state index >= 15 is 0 Å². The molecule has 1 N–H and O–H groups in total. The molecule has 4 heterocycles. The van der Waals surface area contributed by atoms with Crippen LogP contribution in [0.4, 0.5) is 4.79 Å². The molecular weight excluding hydrogens is 1180 g/mol. The predicted octanol–water partition coefficient (Wildman–Crippen LogP) is 8.30. The number of alkyl halides is 2. The average molecular weight is 1240 g/mol. The molecule has 2 aliphatic carbocycles. The second-order valence-corrected chi connectivity index (χ2v) is 19.9. The van der Waals surface area contributed by atoms with Crippen LogP contribution in [0.5, 0.6) is 0 Å². The molecule has 0 aromatic carbocycles. The molecule has 376 valence electrons. The molecule has 69 heavy (non-hydrogen) atoms. The number of amides is 1. The van der Waals surface area contributed by atoms with Crippen LogP contribution in [0.1, 0.15) is 77.6 Å². The van der Waals surface area contributed by atoms with Gasteiger partial charge >= 0.3 is 25.6 Å². The van der Waals surface area contributed by atoms with Crippen LogP contribution in [0.25, 0.3) is 22.1 Å². The monoisotopic (exact) mass is 1240 g/mol. The van der Waals surface area contributed by atoms with Crippen molar-refractivity contribution < 1.29 is 87.6 Å². The summed E-state index contributed by atoms with van der Waals surface area (Å²) in [5.74, 6) is 0.0309. The van der Waals surface area contributed by atoms with Gasteiger partial charge in [-0.15, -0.1) is 23.2 Å². The Morgan fingerprint density at radius 2 is 1.28 bits per heavy atom. The van der Waals surface area contributed by atoms with Crippen molar-refractivity contribution in [2.75, 3.05) is 47.0 Å². The van der Waals surface area contributed by atoms with Crippen LogP contribution >= 0.6 is 30.8 Å². The molecular formula is C47H65BCl2N5O12PU. The number of aldehydes is 1. The van der Waals surface area contributed by atoms with Gasteiger partial charge in [-0.1, -0.05) is 0 Å². The fraction of sp³-hybridized carbons (Fsp3) is 0.532. The van der Waals surface area contributed by atoms with E-state index in [0.717, 1.165) is 91.1 Å². The SMILES string of the molecule is COC(=O)C(=CCOC1CC(CCc2ccc3cccnc3n2)C1)NC(=O)OC(C)(C)C.COC(=O)C(C)P(=O)(OC)OC.ClCCl.O=CCOC1CC(CCc2ccc3cccnc3n2)C1.[2H][B].[U]. The largest absolute Gasteiger partial charge is 0.468 e. The first-order valence-electron chi connectivity index (χ1n) is 22.4. The number of aromatic nitrogens is 4. The van der Waals surface area contributed by atoms with Crippen molar-refractivity contribution in [3.05, 3.63) is 84.1 Å². The fourth-order valence-electron chi connectivity index (χ4n) is 6.90. The molecule has 17 nitrogen and oxygen atoms in total. The molecule has 0 saturated heterocycles. The number of ether oxygens (including phenoxy) is 5. The Balaban J connectivity index is 0.000000549. The molecule has 1 unspecified atom stereocenters. The Hall–Kier alpha value is -3.49. The van der Waals surface area contributed by atoms with E-state index in [1.54, 1.807) is 33.2 Å². The van der Waals surface area contributed by atoms with Gasteiger partial charge in [-0.2, -0.15) is 0 Å². The Bertz CT molecular complexity index is 2270. The third-order valence-electron chi connectivity index (χ3n) is 10.6. The van der Waals surface area contributed by atoms with Crippen molar-refractivity contribution in [1.29, 1.82) is 1.34 Å². The Morgan fingerprint density at radius 3 is 1.68 bits per heavy atom. The smallest absolute Gasteiger partial charge is 0.412 e. The van der Waals surface area contributed by atoms with Crippen LogP contribution in [0, 0.1) is 42.9 Å². The number of esters is 2. The topological polar surface area (TPSA) is 214 Å². The predicted molar refractivity (Wildman–Crippen MR) is 263 cm³/mol. The molecule has 4 aromatic rings. The molecule has 0 bridgehead atoms. The third kappa shape index (κ3) is 22.6. The summed E-state index contributed by atoms with van der Waals surface area (Å²) >= 11 is 9.53. The van der Waals surface area contributed by atoms with Gasteiger partial charge in [0.2, 0.25) is 0 Å².